The van der Waals surface area contributed by atoms with Gasteiger partial charge < -0.3 is 10.2 Å². The fraction of sp³-hybridized carbons (Fsp3) is 0.300. The van der Waals surface area contributed by atoms with Crippen LogP contribution in [0.4, 0.5) is 0 Å². The Bertz CT molecular complexity index is 366. The maximum absolute atomic E-state index is 6.01. The highest BCUT2D eigenvalue weighted by molar-refractivity contribution is 7.80. The molecule has 0 bridgehead atoms. The van der Waals surface area contributed by atoms with Gasteiger partial charge in [0.05, 0.1) is 0 Å². The van der Waals surface area contributed by atoms with Crippen LogP contribution in [0.25, 0.3) is 0 Å². The second-order valence-electron chi connectivity index (χ2n) is 3.29. The molecule has 0 amide bonds. The van der Waals surface area contributed by atoms with E-state index in [2.05, 4.69) is 5.32 Å². The quantitative estimate of drug-likeness (QED) is 0.826. The van der Waals surface area contributed by atoms with Crippen LogP contribution in [0, 0.1) is 0 Å². The van der Waals surface area contributed by atoms with Gasteiger partial charge in [-0.15, -0.1) is 0 Å². The molecule has 0 atom stereocenters. The molecular formula is C10H12Cl2N2S. The molecule has 5 heteroatoms. The van der Waals surface area contributed by atoms with Crippen LogP contribution in [-0.2, 0) is 6.54 Å². The first-order valence-electron chi connectivity index (χ1n) is 4.40. The van der Waals surface area contributed by atoms with E-state index in [1.54, 1.807) is 6.07 Å². The molecule has 1 aromatic rings. The minimum atomic E-state index is 0.604. The summed E-state index contributed by atoms with van der Waals surface area (Å²) in [5.74, 6) is 0. The van der Waals surface area contributed by atoms with Crippen molar-refractivity contribution in [3.63, 3.8) is 0 Å². The molecule has 82 valence electrons. The second-order valence-corrected chi connectivity index (χ2v) is 4.52. The van der Waals surface area contributed by atoms with E-state index in [4.69, 9.17) is 35.4 Å². The first kappa shape index (κ1) is 12.6. The van der Waals surface area contributed by atoms with Crippen molar-refractivity contribution in [3.8, 4) is 0 Å². The zero-order chi connectivity index (χ0) is 11.4. The maximum Gasteiger partial charge on any atom is 0.168 e. The highest BCUT2D eigenvalue weighted by Crippen LogP contribution is 2.20. The van der Waals surface area contributed by atoms with Gasteiger partial charge in [0.25, 0.3) is 0 Å². The van der Waals surface area contributed by atoms with Crippen molar-refractivity contribution < 1.29 is 0 Å². The lowest BCUT2D eigenvalue weighted by atomic mass is 10.2. The van der Waals surface area contributed by atoms with Crippen LogP contribution in [0.5, 0.6) is 0 Å². The molecule has 2 nitrogen and oxygen atoms in total. The summed E-state index contributed by atoms with van der Waals surface area (Å²) in [6, 6.07) is 5.41. The number of hydrogen-bond acceptors (Lipinski definition) is 1. The van der Waals surface area contributed by atoms with E-state index in [0.29, 0.717) is 21.7 Å². The summed E-state index contributed by atoms with van der Waals surface area (Å²) in [4.78, 5) is 1.83. The standard InChI is InChI=1S/C10H12Cl2N2S/c1-14(2)10(15)13-6-7-3-4-8(11)5-9(7)12/h3-5H,6H2,1-2H3,(H,13,15). The van der Waals surface area contributed by atoms with E-state index in [-0.39, 0.29) is 0 Å². The minimum absolute atomic E-state index is 0.604. The number of rotatable bonds is 2. The van der Waals surface area contributed by atoms with Gasteiger partial charge in [0.1, 0.15) is 0 Å². The molecule has 1 aromatic carbocycles. The van der Waals surface area contributed by atoms with Gasteiger partial charge in [0, 0.05) is 30.7 Å². The lowest BCUT2D eigenvalue weighted by Crippen LogP contribution is -2.33. The number of benzene rings is 1. The molecule has 1 rings (SSSR count). The molecule has 15 heavy (non-hydrogen) atoms. The van der Waals surface area contributed by atoms with E-state index < -0.39 is 0 Å². The molecule has 0 radical (unpaired) electrons. The van der Waals surface area contributed by atoms with Crippen molar-refractivity contribution in [3.05, 3.63) is 33.8 Å². The van der Waals surface area contributed by atoms with Crippen LogP contribution in [0.2, 0.25) is 10.0 Å². The molecule has 0 saturated heterocycles. The van der Waals surface area contributed by atoms with Crippen molar-refractivity contribution in [2.45, 2.75) is 6.54 Å². The second kappa shape index (κ2) is 5.54. The molecule has 0 heterocycles. The van der Waals surface area contributed by atoms with Crippen LogP contribution in [0.3, 0.4) is 0 Å². The SMILES string of the molecule is CN(C)C(=S)NCc1ccc(Cl)cc1Cl. The predicted octanol–water partition coefficient (Wildman–Crippen LogP) is 2.93. The Morgan fingerprint density at radius 1 is 1.40 bits per heavy atom. The molecule has 0 aliphatic rings. The summed E-state index contributed by atoms with van der Waals surface area (Å²) in [6.45, 7) is 0.604. The van der Waals surface area contributed by atoms with Gasteiger partial charge in [-0.3, -0.25) is 0 Å². The Labute approximate surface area is 105 Å². The van der Waals surface area contributed by atoms with E-state index in [1.165, 1.54) is 0 Å². The maximum atomic E-state index is 6.01. The lowest BCUT2D eigenvalue weighted by molar-refractivity contribution is 0.600. The van der Waals surface area contributed by atoms with Crippen LogP contribution in [-0.4, -0.2) is 24.1 Å². The van der Waals surface area contributed by atoms with Crippen LogP contribution < -0.4 is 5.32 Å². The van der Waals surface area contributed by atoms with E-state index >= 15 is 0 Å². The van der Waals surface area contributed by atoms with E-state index in [9.17, 15) is 0 Å². The molecule has 0 aromatic heterocycles. The Balaban J connectivity index is 2.62. The van der Waals surface area contributed by atoms with Crippen LogP contribution in [0.15, 0.2) is 18.2 Å². The van der Waals surface area contributed by atoms with Gasteiger partial charge >= 0.3 is 0 Å². The molecule has 0 aliphatic heterocycles. The van der Waals surface area contributed by atoms with E-state index in [0.717, 1.165) is 5.56 Å². The molecule has 0 saturated carbocycles. The van der Waals surface area contributed by atoms with Crippen molar-refractivity contribution >= 4 is 40.5 Å². The van der Waals surface area contributed by atoms with Gasteiger partial charge in [-0.25, -0.2) is 0 Å². The third-order valence-electron chi connectivity index (χ3n) is 1.85. The number of hydrogen-bond donors (Lipinski definition) is 1. The monoisotopic (exact) mass is 262 g/mol. The normalized spacial score (nSPS) is 9.87. The zero-order valence-corrected chi connectivity index (χ0v) is 10.9. The third-order valence-corrected chi connectivity index (χ3v) is 2.95. The molecule has 0 aliphatic carbocycles. The summed E-state index contributed by atoms with van der Waals surface area (Å²) in [5.41, 5.74) is 0.977. The predicted molar refractivity (Wildman–Crippen MR) is 69.6 cm³/mol. The van der Waals surface area contributed by atoms with Crippen LogP contribution in [0.1, 0.15) is 5.56 Å². The summed E-state index contributed by atoms with van der Waals surface area (Å²) < 4.78 is 0. The minimum Gasteiger partial charge on any atom is -0.358 e. The van der Waals surface area contributed by atoms with E-state index in [1.807, 2.05) is 31.1 Å². The Morgan fingerprint density at radius 2 is 2.07 bits per heavy atom. The molecule has 1 N–H and O–H groups in total. The number of thiocarbonyl (C=S) groups is 1. The average Bonchev–Trinajstić information content (AvgIpc) is 2.15. The molecule has 0 spiro atoms. The Hall–Kier alpha value is -0.510. The van der Waals surface area contributed by atoms with Gasteiger partial charge in [0.15, 0.2) is 5.11 Å². The smallest absolute Gasteiger partial charge is 0.168 e. The Morgan fingerprint density at radius 3 is 2.60 bits per heavy atom. The van der Waals surface area contributed by atoms with Crippen molar-refractivity contribution in [2.75, 3.05) is 14.1 Å². The summed E-state index contributed by atoms with van der Waals surface area (Å²) in [5, 5.41) is 5.06. The molecule has 0 unspecified atom stereocenters. The highest BCUT2D eigenvalue weighted by Gasteiger charge is 2.02. The van der Waals surface area contributed by atoms with Gasteiger partial charge in [-0.1, -0.05) is 29.3 Å². The number of nitrogens with one attached hydrogen (secondary N) is 1. The van der Waals surface area contributed by atoms with Gasteiger partial charge in [-0.05, 0) is 29.9 Å². The van der Waals surface area contributed by atoms with Gasteiger partial charge in [-0.2, -0.15) is 0 Å². The largest absolute Gasteiger partial charge is 0.358 e. The average molecular weight is 263 g/mol. The van der Waals surface area contributed by atoms with Crippen molar-refractivity contribution in [1.29, 1.82) is 0 Å². The number of nitrogens with zero attached hydrogens (tertiary/aromatic N) is 1. The first-order valence-corrected chi connectivity index (χ1v) is 5.56. The first-order chi connectivity index (χ1) is 7.00. The Kier molecular flexibility index (Phi) is 4.64. The summed E-state index contributed by atoms with van der Waals surface area (Å²) in [6.07, 6.45) is 0. The summed E-state index contributed by atoms with van der Waals surface area (Å²) in [7, 11) is 3.78. The lowest BCUT2D eigenvalue weighted by Gasteiger charge is -2.15. The van der Waals surface area contributed by atoms with Crippen molar-refractivity contribution in [2.24, 2.45) is 0 Å². The van der Waals surface area contributed by atoms with Crippen molar-refractivity contribution in [1.82, 2.24) is 10.2 Å². The summed E-state index contributed by atoms with van der Waals surface area (Å²) >= 11 is 16.9. The fourth-order valence-corrected chi connectivity index (χ4v) is 1.54. The highest BCUT2D eigenvalue weighted by atomic mass is 35.5. The van der Waals surface area contributed by atoms with Crippen LogP contribution >= 0.6 is 35.4 Å². The third kappa shape index (κ3) is 3.86. The molecular weight excluding hydrogens is 251 g/mol. The zero-order valence-electron chi connectivity index (χ0n) is 8.55. The fourth-order valence-electron chi connectivity index (χ4n) is 0.994. The topological polar surface area (TPSA) is 15.3 Å². The van der Waals surface area contributed by atoms with Gasteiger partial charge in [0.2, 0.25) is 0 Å². The number of halogens is 2. The molecule has 0 fully saturated rings.